The van der Waals surface area contributed by atoms with Crippen LogP contribution in [0.15, 0.2) is 46.0 Å². The number of amides is 2. The molecule has 0 spiro atoms. The first-order chi connectivity index (χ1) is 12.0. The van der Waals surface area contributed by atoms with Crippen molar-refractivity contribution in [3.05, 3.63) is 52.9 Å². The summed E-state index contributed by atoms with van der Waals surface area (Å²) >= 11 is 7.29. The number of carbonyl (C=O) groups is 2. The first-order valence-corrected chi connectivity index (χ1v) is 8.87. The summed E-state index contributed by atoms with van der Waals surface area (Å²) in [7, 11) is 0. The summed E-state index contributed by atoms with van der Waals surface area (Å²) < 4.78 is 5.19. The summed E-state index contributed by atoms with van der Waals surface area (Å²) in [6, 6.07) is 8.88. The lowest BCUT2D eigenvalue weighted by Crippen LogP contribution is -2.28. The molecule has 130 valence electrons. The van der Waals surface area contributed by atoms with Gasteiger partial charge in [0.05, 0.1) is 12.8 Å². The van der Waals surface area contributed by atoms with Gasteiger partial charge in [-0.25, -0.2) is 0 Å². The van der Waals surface area contributed by atoms with Crippen LogP contribution in [0.25, 0.3) is 0 Å². The molecule has 2 amide bonds. The van der Waals surface area contributed by atoms with Crippen molar-refractivity contribution in [1.29, 1.82) is 0 Å². The van der Waals surface area contributed by atoms with E-state index in [-0.39, 0.29) is 18.2 Å². The Morgan fingerprint density at radius 1 is 1.44 bits per heavy atom. The Hall–Kier alpha value is -2.25. The minimum atomic E-state index is -0.503. The number of furan rings is 1. The van der Waals surface area contributed by atoms with Gasteiger partial charge >= 0.3 is 0 Å². The fraction of sp³-hybridized carbons (Fsp3) is 0.235. The fourth-order valence-electron chi connectivity index (χ4n) is 2.22. The number of halogens is 1. The second-order valence-corrected chi connectivity index (χ2v) is 7.11. The Balaban J connectivity index is 1.55. The monoisotopic (exact) mass is 377 g/mol. The first-order valence-electron chi connectivity index (χ1n) is 7.61. The molecule has 0 aliphatic carbocycles. The lowest BCUT2D eigenvalue weighted by Gasteiger charge is -2.08. The summed E-state index contributed by atoms with van der Waals surface area (Å²) in [5.74, 6) is 0.236. The lowest BCUT2D eigenvalue weighted by molar-refractivity contribution is -0.122. The molecule has 1 saturated heterocycles. The molecule has 6 nitrogen and oxygen atoms in total. The maximum atomic E-state index is 12.2. The normalized spacial score (nSPS) is 18.4. The van der Waals surface area contributed by atoms with Gasteiger partial charge in [-0.1, -0.05) is 29.4 Å². The van der Waals surface area contributed by atoms with E-state index in [9.17, 15) is 9.59 Å². The van der Waals surface area contributed by atoms with Crippen LogP contribution < -0.4 is 10.6 Å². The zero-order chi connectivity index (χ0) is 17.8. The Labute approximate surface area is 154 Å². The van der Waals surface area contributed by atoms with E-state index in [0.29, 0.717) is 28.2 Å². The number of nitrogens with one attached hydrogen (secondary N) is 2. The molecular weight excluding hydrogens is 362 g/mol. The van der Waals surface area contributed by atoms with Gasteiger partial charge in [-0.15, -0.1) is 0 Å². The van der Waals surface area contributed by atoms with E-state index >= 15 is 0 Å². The maximum absolute atomic E-state index is 12.2. The molecule has 1 fully saturated rings. The molecule has 0 saturated carbocycles. The van der Waals surface area contributed by atoms with Crippen molar-refractivity contribution < 1.29 is 14.0 Å². The van der Waals surface area contributed by atoms with E-state index in [1.165, 1.54) is 11.8 Å². The number of carbonyl (C=O) groups excluding carboxylic acids is 2. The van der Waals surface area contributed by atoms with Crippen molar-refractivity contribution in [1.82, 2.24) is 5.32 Å². The average molecular weight is 378 g/mol. The standard InChI is InChI=1S/C17H16ClN3O3S/c1-10-4-5-11(7-13(10)18)20-15(22)8-14-16(23)21-17(25-14)19-9-12-3-2-6-24-12/h2-7,14H,8-9H2,1H3,(H,20,22)(H,19,21,23)/t14-/m0/s1. The highest BCUT2D eigenvalue weighted by atomic mass is 35.5. The Bertz CT molecular complexity index is 821. The van der Waals surface area contributed by atoms with Gasteiger partial charge in [0.25, 0.3) is 0 Å². The molecule has 2 heterocycles. The zero-order valence-corrected chi connectivity index (χ0v) is 15.0. The molecule has 8 heteroatoms. The van der Waals surface area contributed by atoms with Crippen LogP contribution >= 0.6 is 23.4 Å². The predicted octanol–water partition coefficient (Wildman–Crippen LogP) is 3.36. The minimum Gasteiger partial charge on any atom is -0.467 e. The number of nitrogens with zero attached hydrogens (tertiary/aromatic N) is 1. The number of aliphatic imine (C=N–C) groups is 1. The first kappa shape index (κ1) is 17.6. The average Bonchev–Trinajstić information content (AvgIpc) is 3.19. The molecule has 1 aliphatic heterocycles. The van der Waals surface area contributed by atoms with Crippen molar-refractivity contribution in [2.24, 2.45) is 4.99 Å². The van der Waals surface area contributed by atoms with Crippen molar-refractivity contribution >= 4 is 46.0 Å². The number of hydrogen-bond acceptors (Lipinski definition) is 5. The summed E-state index contributed by atoms with van der Waals surface area (Å²) in [5, 5.41) is 6.01. The van der Waals surface area contributed by atoms with E-state index in [4.69, 9.17) is 16.0 Å². The topological polar surface area (TPSA) is 83.7 Å². The Morgan fingerprint density at radius 2 is 2.28 bits per heavy atom. The molecule has 0 bridgehead atoms. The van der Waals surface area contributed by atoms with Crippen molar-refractivity contribution in [2.75, 3.05) is 5.32 Å². The van der Waals surface area contributed by atoms with E-state index in [1.54, 1.807) is 24.5 Å². The Morgan fingerprint density at radius 3 is 3.00 bits per heavy atom. The molecule has 0 unspecified atom stereocenters. The predicted molar refractivity (Wildman–Crippen MR) is 98.8 cm³/mol. The summed E-state index contributed by atoms with van der Waals surface area (Å²) in [6.07, 6.45) is 1.63. The summed E-state index contributed by atoms with van der Waals surface area (Å²) in [6.45, 7) is 2.23. The van der Waals surface area contributed by atoms with Crippen LogP contribution in [0.2, 0.25) is 5.02 Å². The third-order valence-corrected chi connectivity index (χ3v) is 5.09. The summed E-state index contributed by atoms with van der Waals surface area (Å²) in [5.41, 5.74) is 1.54. The number of rotatable bonds is 5. The van der Waals surface area contributed by atoms with Gasteiger partial charge < -0.3 is 15.1 Å². The van der Waals surface area contributed by atoms with Gasteiger partial charge in [0.15, 0.2) is 5.17 Å². The van der Waals surface area contributed by atoms with E-state index < -0.39 is 5.25 Å². The fourth-order valence-corrected chi connectivity index (χ4v) is 3.37. The van der Waals surface area contributed by atoms with Crippen LogP contribution in [0, 0.1) is 6.92 Å². The van der Waals surface area contributed by atoms with Crippen molar-refractivity contribution in [3.63, 3.8) is 0 Å². The van der Waals surface area contributed by atoms with Crippen LogP contribution in [-0.4, -0.2) is 22.2 Å². The van der Waals surface area contributed by atoms with Crippen LogP contribution in [-0.2, 0) is 16.1 Å². The lowest BCUT2D eigenvalue weighted by atomic mass is 10.2. The van der Waals surface area contributed by atoms with Crippen LogP contribution in [0.1, 0.15) is 17.7 Å². The molecule has 25 heavy (non-hydrogen) atoms. The van der Waals surface area contributed by atoms with E-state index in [1.807, 2.05) is 19.1 Å². The van der Waals surface area contributed by atoms with Gasteiger partial charge in [-0.05, 0) is 36.8 Å². The number of anilines is 1. The largest absolute Gasteiger partial charge is 0.467 e. The molecule has 3 rings (SSSR count). The second kappa shape index (κ2) is 7.76. The van der Waals surface area contributed by atoms with Crippen LogP contribution in [0.3, 0.4) is 0 Å². The van der Waals surface area contributed by atoms with Crippen LogP contribution in [0.5, 0.6) is 0 Å². The SMILES string of the molecule is Cc1ccc(NC(=O)C[C@@H]2SC(=NCc3ccco3)NC2=O)cc1Cl. The smallest absolute Gasteiger partial charge is 0.240 e. The highest BCUT2D eigenvalue weighted by Gasteiger charge is 2.32. The zero-order valence-electron chi connectivity index (χ0n) is 13.4. The third kappa shape index (κ3) is 4.64. The van der Waals surface area contributed by atoms with E-state index in [2.05, 4.69) is 15.6 Å². The Kier molecular flexibility index (Phi) is 5.45. The van der Waals surface area contributed by atoms with Crippen molar-refractivity contribution in [3.8, 4) is 0 Å². The minimum absolute atomic E-state index is 0.0573. The highest BCUT2D eigenvalue weighted by Crippen LogP contribution is 2.24. The third-order valence-electron chi connectivity index (χ3n) is 3.56. The molecule has 1 aliphatic rings. The van der Waals surface area contributed by atoms with Gasteiger partial charge in [-0.3, -0.25) is 14.6 Å². The number of benzene rings is 1. The van der Waals surface area contributed by atoms with E-state index in [0.717, 1.165) is 5.56 Å². The maximum Gasteiger partial charge on any atom is 0.240 e. The summed E-state index contributed by atoms with van der Waals surface area (Å²) in [4.78, 5) is 28.4. The molecule has 1 aromatic heterocycles. The molecule has 0 radical (unpaired) electrons. The highest BCUT2D eigenvalue weighted by molar-refractivity contribution is 8.15. The number of aryl methyl sites for hydroxylation is 1. The van der Waals surface area contributed by atoms with Gasteiger partial charge in [-0.2, -0.15) is 0 Å². The quantitative estimate of drug-likeness (QED) is 0.836. The second-order valence-electron chi connectivity index (χ2n) is 5.51. The van der Waals surface area contributed by atoms with Crippen LogP contribution in [0.4, 0.5) is 5.69 Å². The molecule has 1 aromatic carbocycles. The molecule has 1 atom stereocenters. The number of hydrogen-bond donors (Lipinski definition) is 2. The number of thioether (sulfide) groups is 1. The molecular formula is C17H16ClN3O3S. The number of amidine groups is 1. The van der Waals surface area contributed by atoms with Gasteiger partial charge in [0.1, 0.15) is 11.0 Å². The molecule has 2 N–H and O–H groups in total. The van der Waals surface area contributed by atoms with Crippen molar-refractivity contribution in [2.45, 2.75) is 25.1 Å². The van der Waals surface area contributed by atoms with Gasteiger partial charge in [0, 0.05) is 17.1 Å². The molecule has 2 aromatic rings. The van der Waals surface area contributed by atoms with Gasteiger partial charge in [0.2, 0.25) is 11.8 Å².